The Morgan fingerprint density at radius 1 is 1.07 bits per heavy atom. The van der Waals surface area contributed by atoms with Crippen molar-refractivity contribution in [3.63, 3.8) is 0 Å². The van der Waals surface area contributed by atoms with Crippen molar-refractivity contribution in [2.24, 2.45) is 5.92 Å². The summed E-state index contributed by atoms with van der Waals surface area (Å²) in [6.07, 6.45) is 9.91. The number of hydrogen-bond donors (Lipinski definition) is 1. The van der Waals surface area contributed by atoms with Crippen molar-refractivity contribution in [1.29, 1.82) is 0 Å². The lowest BCUT2D eigenvalue weighted by atomic mass is 9.68. The van der Waals surface area contributed by atoms with Gasteiger partial charge in [0.1, 0.15) is 5.82 Å². The molecule has 1 aromatic carbocycles. The summed E-state index contributed by atoms with van der Waals surface area (Å²) >= 11 is 0. The van der Waals surface area contributed by atoms with Crippen LogP contribution in [0.2, 0.25) is 0 Å². The number of hydrogen-bond acceptors (Lipinski definition) is 6. The quantitative estimate of drug-likeness (QED) is 0.489. The normalized spacial score (nSPS) is 25.4. The number of rotatable bonds is 9. The first-order valence-electron chi connectivity index (χ1n) is 14.3. The monoisotopic (exact) mass is 567 g/mol. The molecule has 5 rings (SSSR count). The molecule has 1 aromatic heterocycles. The second kappa shape index (κ2) is 11.1. The van der Waals surface area contributed by atoms with Crippen LogP contribution in [-0.4, -0.2) is 85.6 Å². The smallest absolute Gasteiger partial charge is 0.320 e. The fourth-order valence-electron chi connectivity index (χ4n) is 6.68. The average molecular weight is 568 g/mol. The van der Waals surface area contributed by atoms with Gasteiger partial charge in [0.15, 0.2) is 9.84 Å². The van der Waals surface area contributed by atoms with Crippen molar-refractivity contribution in [3.8, 4) is 0 Å². The largest absolute Gasteiger partial charge is 0.322 e. The fourth-order valence-corrected chi connectivity index (χ4v) is 7.24. The highest BCUT2D eigenvalue weighted by molar-refractivity contribution is 7.90. The van der Waals surface area contributed by atoms with Gasteiger partial charge in [-0.05, 0) is 76.2 Å². The Labute approximate surface area is 237 Å². The minimum atomic E-state index is -3.36. The van der Waals surface area contributed by atoms with E-state index in [1.807, 2.05) is 4.90 Å². The third kappa shape index (κ3) is 5.61. The van der Waals surface area contributed by atoms with Crippen LogP contribution in [0.1, 0.15) is 56.9 Å². The predicted molar refractivity (Wildman–Crippen MR) is 155 cm³/mol. The van der Waals surface area contributed by atoms with Crippen LogP contribution >= 0.6 is 0 Å². The molecule has 1 aliphatic heterocycles. The zero-order chi connectivity index (χ0) is 28.5. The number of aromatic nitrogens is 1. The Morgan fingerprint density at radius 2 is 1.77 bits per heavy atom. The van der Waals surface area contributed by atoms with Gasteiger partial charge in [-0.15, -0.1) is 0 Å². The van der Waals surface area contributed by atoms with Gasteiger partial charge >= 0.3 is 6.03 Å². The van der Waals surface area contributed by atoms with Crippen LogP contribution in [0.3, 0.4) is 0 Å². The molecule has 40 heavy (non-hydrogen) atoms. The molecule has 3 fully saturated rings. The summed E-state index contributed by atoms with van der Waals surface area (Å²) in [6.45, 7) is 1.79. The summed E-state index contributed by atoms with van der Waals surface area (Å²) in [5.74, 6) is 0.611. The molecule has 216 valence electrons. The number of anilines is 1. The number of urea groups is 1. The van der Waals surface area contributed by atoms with E-state index in [2.05, 4.69) is 64.5 Å². The summed E-state index contributed by atoms with van der Waals surface area (Å²) in [5.41, 5.74) is 1.07. The molecule has 0 atom stereocenters. The molecule has 0 radical (unpaired) electrons. The maximum absolute atomic E-state index is 13.8. The number of benzene rings is 1. The molecule has 2 aliphatic carbocycles. The van der Waals surface area contributed by atoms with E-state index in [4.69, 9.17) is 0 Å². The first-order chi connectivity index (χ1) is 19.0. The molecular weight excluding hydrogens is 526 g/mol. The molecule has 1 N–H and O–H groups in total. The van der Waals surface area contributed by atoms with Gasteiger partial charge in [-0.25, -0.2) is 18.2 Å². The van der Waals surface area contributed by atoms with Crippen molar-refractivity contribution in [3.05, 3.63) is 54.2 Å². The maximum atomic E-state index is 13.8. The van der Waals surface area contributed by atoms with Crippen LogP contribution in [-0.2, 0) is 20.2 Å². The van der Waals surface area contributed by atoms with Crippen molar-refractivity contribution < 1.29 is 18.0 Å². The number of amides is 3. The molecule has 2 aromatic rings. The van der Waals surface area contributed by atoms with E-state index in [0.717, 1.165) is 38.5 Å². The summed E-state index contributed by atoms with van der Waals surface area (Å²) in [6, 6.07) is 13.7. The Morgan fingerprint density at radius 3 is 2.33 bits per heavy atom. The van der Waals surface area contributed by atoms with Gasteiger partial charge in [-0.3, -0.25) is 9.69 Å². The Hall–Kier alpha value is -2.98. The van der Waals surface area contributed by atoms with E-state index in [0.29, 0.717) is 24.8 Å². The molecule has 0 unspecified atom stereocenters. The lowest BCUT2D eigenvalue weighted by Gasteiger charge is -2.51. The van der Waals surface area contributed by atoms with E-state index in [1.54, 1.807) is 0 Å². The third-order valence-electron chi connectivity index (χ3n) is 9.44. The highest BCUT2D eigenvalue weighted by Crippen LogP contribution is 2.49. The Bertz CT molecular complexity index is 1320. The first kappa shape index (κ1) is 28.5. The molecule has 1 saturated heterocycles. The second-order valence-electron chi connectivity index (χ2n) is 12.1. The molecule has 0 bridgehead atoms. The van der Waals surface area contributed by atoms with Crippen molar-refractivity contribution in [1.82, 2.24) is 19.7 Å². The maximum Gasteiger partial charge on any atom is 0.320 e. The van der Waals surface area contributed by atoms with E-state index in [9.17, 15) is 18.0 Å². The standard InChI is InChI=1S/C30H41N5O4S/c1-33(2)30(24-10-5-4-6-11-24)17-15-29(16-18-30)22-34(28(37)35(29)21-23-8-7-9-23)19-14-27(36)32-26-13-12-25(20-31-26)40(3,38)39/h4-6,10-13,20,23H,7-9,14-19,21-22H2,1-3H3,(H,31,32,36). The van der Waals surface area contributed by atoms with Crippen molar-refractivity contribution >= 4 is 27.6 Å². The minimum absolute atomic E-state index is 0.0485. The van der Waals surface area contributed by atoms with Crippen molar-refractivity contribution in [2.75, 3.05) is 45.3 Å². The number of sulfone groups is 1. The molecule has 9 nitrogen and oxygen atoms in total. The van der Waals surface area contributed by atoms with Gasteiger partial charge in [0.05, 0.1) is 10.4 Å². The van der Waals surface area contributed by atoms with Crippen molar-refractivity contribution in [2.45, 2.75) is 67.3 Å². The SMILES string of the molecule is CN(C)C1(c2ccccc2)CCC2(CC1)CN(CCC(=O)Nc1ccc(S(C)(=O)=O)cn1)C(=O)N2CC1CCC1. The number of nitrogens with zero attached hydrogens (tertiary/aromatic N) is 4. The summed E-state index contributed by atoms with van der Waals surface area (Å²) < 4.78 is 23.3. The summed E-state index contributed by atoms with van der Waals surface area (Å²) in [4.78, 5) is 37.0. The van der Waals surface area contributed by atoms with Gasteiger partial charge in [0.2, 0.25) is 5.91 Å². The molecule has 2 heterocycles. The Kier molecular flexibility index (Phi) is 7.94. The van der Waals surface area contributed by atoms with E-state index in [1.165, 1.54) is 43.2 Å². The number of pyridine rings is 1. The average Bonchev–Trinajstić information content (AvgIpc) is 3.15. The molecule has 3 amide bonds. The third-order valence-corrected chi connectivity index (χ3v) is 10.5. The van der Waals surface area contributed by atoms with Gasteiger partial charge in [0.25, 0.3) is 0 Å². The molecule has 3 aliphatic rings. The zero-order valence-electron chi connectivity index (χ0n) is 23.8. The lowest BCUT2D eigenvalue weighted by molar-refractivity contribution is -0.116. The van der Waals surface area contributed by atoms with E-state index in [-0.39, 0.29) is 34.3 Å². The van der Waals surface area contributed by atoms with E-state index >= 15 is 0 Å². The van der Waals surface area contributed by atoms with Gasteiger partial charge in [0, 0.05) is 44.0 Å². The van der Waals surface area contributed by atoms with Crippen LogP contribution < -0.4 is 5.32 Å². The van der Waals surface area contributed by atoms with Crippen LogP contribution in [0.4, 0.5) is 10.6 Å². The van der Waals surface area contributed by atoms with E-state index < -0.39 is 9.84 Å². The highest BCUT2D eigenvalue weighted by atomic mass is 32.2. The summed E-state index contributed by atoms with van der Waals surface area (Å²) in [5, 5.41) is 2.73. The second-order valence-corrected chi connectivity index (χ2v) is 14.1. The number of carbonyl (C=O) groups excluding carboxylic acids is 2. The number of nitrogens with one attached hydrogen (secondary N) is 1. The fraction of sp³-hybridized carbons (Fsp3) is 0.567. The van der Waals surface area contributed by atoms with Crippen LogP contribution in [0, 0.1) is 5.92 Å². The van der Waals surface area contributed by atoms with Gasteiger partial charge < -0.3 is 15.1 Å². The molecule has 2 saturated carbocycles. The molecule has 1 spiro atoms. The van der Waals surface area contributed by atoms with Gasteiger partial charge in [-0.2, -0.15) is 0 Å². The van der Waals surface area contributed by atoms with Crippen LogP contribution in [0.15, 0.2) is 53.6 Å². The lowest BCUT2D eigenvalue weighted by Crippen LogP contribution is -2.56. The molecule has 10 heteroatoms. The predicted octanol–water partition coefficient (Wildman–Crippen LogP) is 4.12. The van der Waals surface area contributed by atoms with Gasteiger partial charge in [-0.1, -0.05) is 36.8 Å². The topological polar surface area (TPSA) is 103 Å². The van der Waals surface area contributed by atoms with Crippen LogP contribution in [0.25, 0.3) is 0 Å². The minimum Gasteiger partial charge on any atom is -0.322 e. The summed E-state index contributed by atoms with van der Waals surface area (Å²) in [7, 11) is 0.960. The zero-order valence-corrected chi connectivity index (χ0v) is 24.6. The highest BCUT2D eigenvalue weighted by Gasteiger charge is 2.54. The molecular formula is C30H41N5O4S. The Balaban J connectivity index is 1.26. The number of carbonyl (C=O) groups is 2. The first-order valence-corrected chi connectivity index (χ1v) is 16.2. The van der Waals surface area contributed by atoms with Crippen LogP contribution in [0.5, 0.6) is 0 Å².